The van der Waals surface area contributed by atoms with Crippen molar-refractivity contribution < 1.29 is 0 Å². The molecule has 1 aromatic heterocycles. The average molecular weight is 425 g/mol. The summed E-state index contributed by atoms with van der Waals surface area (Å²) in [6.07, 6.45) is 25.5. The number of unbranched alkanes of at least 4 members (excludes halogenated alkanes) is 11. The summed E-state index contributed by atoms with van der Waals surface area (Å²) in [6, 6.07) is 11.6. The minimum Gasteiger partial charge on any atom is -0.334 e. The maximum Gasteiger partial charge on any atom is 0.0948 e. The molecular weight excluding hydrogens is 376 g/mol. The second kappa shape index (κ2) is 16.1. The molecule has 2 rings (SSSR count). The zero-order valence-electron chi connectivity index (χ0n) is 20.6. The molecule has 0 aliphatic heterocycles. The van der Waals surface area contributed by atoms with Gasteiger partial charge in [0.15, 0.2) is 0 Å². The molecule has 1 heterocycles. The first kappa shape index (κ1) is 25.7. The fraction of sp³-hybridized carbons (Fsp3) is 0.690. The maximum atomic E-state index is 4.36. The summed E-state index contributed by atoms with van der Waals surface area (Å²) < 4.78 is 2.38. The van der Waals surface area contributed by atoms with E-state index in [1.54, 1.807) is 0 Å². The molecule has 0 aliphatic rings. The van der Waals surface area contributed by atoms with Gasteiger partial charge in [-0.2, -0.15) is 0 Å². The van der Waals surface area contributed by atoms with Gasteiger partial charge in [0.1, 0.15) is 0 Å². The first-order valence-corrected chi connectivity index (χ1v) is 13.2. The van der Waals surface area contributed by atoms with Crippen LogP contribution in [-0.4, -0.2) is 9.55 Å². The fourth-order valence-electron chi connectivity index (χ4n) is 4.95. The molecule has 0 radical (unpaired) electrons. The third kappa shape index (κ3) is 10.5. The van der Waals surface area contributed by atoms with Gasteiger partial charge in [0.05, 0.1) is 6.33 Å². The van der Waals surface area contributed by atoms with E-state index in [9.17, 15) is 0 Å². The molecule has 174 valence electrons. The Labute approximate surface area is 192 Å². The van der Waals surface area contributed by atoms with Crippen LogP contribution in [0.3, 0.4) is 0 Å². The number of rotatable bonds is 18. The van der Waals surface area contributed by atoms with Crippen molar-refractivity contribution in [2.45, 2.75) is 117 Å². The van der Waals surface area contributed by atoms with Crippen molar-refractivity contribution in [2.75, 3.05) is 0 Å². The summed E-state index contributed by atoms with van der Waals surface area (Å²) in [5.74, 6) is 1.30. The van der Waals surface area contributed by atoms with E-state index in [-0.39, 0.29) is 0 Å². The highest BCUT2D eigenvalue weighted by molar-refractivity contribution is 5.15. The maximum absolute atomic E-state index is 4.36. The van der Waals surface area contributed by atoms with Crippen molar-refractivity contribution in [3.8, 4) is 0 Å². The molecule has 0 amide bonds. The van der Waals surface area contributed by atoms with Gasteiger partial charge in [-0.3, -0.25) is 0 Å². The normalized spacial score (nSPS) is 13.5. The third-order valence-electron chi connectivity index (χ3n) is 6.93. The second-order valence-electron chi connectivity index (χ2n) is 9.85. The molecule has 0 aliphatic carbocycles. The molecule has 2 atom stereocenters. The SMILES string of the molecule is CCCCCCCCCCCCCCC(C(Cc1ccccc1)C(C)C)n1ccnc1. The van der Waals surface area contributed by atoms with E-state index in [1.165, 1.54) is 89.0 Å². The molecule has 0 saturated carbocycles. The summed E-state index contributed by atoms with van der Waals surface area (Å²) in [5.41, 5.74) is 1.46. The summed E-state index contributed by atoms with van der Waals surface area (Å²) in [5, 5.41) is 0. The van der Waals surface area contributed by atoms with Gasteiger partial charge in [0, 0.05) is 18.4 Å². The van der Waals surface area contributed by atoms with Gasteiger partial charge in [-0.1, -0.05) is 128 Å². The van der Waals surface area contributed by atoms with Crippen LogP contribution in [0.15, 0.2) is 49.1 Å². The molecule has 31 heavy (non-hydrogen) atoms. The average Bonchev–Trinajstić information content (AvgIpc) is 3.31. The smallest absolute Gasteiger partial charge is 0.0948 e. The zero-order valence-corrected chi connectivity index (χ0v) is 20.6. The van der Waals surface area contributed by atoms with E-state index in [0.717, 1.165) is 6.42 Å². The summed E-state index contributed by atoms with van der Waals surface area (Å²) >= 11 is 0. The van der Waals surface area contributed by atoms with Crippen molar-refractivity contribution in [1.82, 2.24) is 9.55 Å². The molecular formula is C29H48N2. The van der Waals surface area contributed by atoms with Crippen LogP contribution in [0.5, 0.6) is 0 Å². The highest BCUT2D eigenvalue weighted by Gasteiger charge is 2.25. The standard InChI is InChI=1S/C29H48N2/c1-4-5-6-7-8-9-10-11-12-13-14-18-21-29(31-23-22-30-25-31)28(26(2)3)24-27-19-16-15-17-20-27/h15-17,19-20,22-23,25-26,28-29H,4-14,18,21,24H2,1-3H3. The van der Waals surface area contributed by atoms with Gasteiger partial charge < -0.3 is 4.57 Å². The van der Waals surface area contributed by atoms with E-state index in [2.05, 4.69) is 66.9 Å². The van der Waals surface area contributed by atoms with Crippen molar-refractivity contribution in [3.63, 3.8) is 0 Å². The molecule has 0 N–H and O–H groups in total. The van der Waals surface area contributed by atoms with E-state index in [1.807, 2.05) is 12.5 Å². The number of hydrogen-bond acceptors (Lipinski definition) is 1. The van der Waals surface area contributed by atoms with Crippen molar-refractivity contribution in [1.29, 1.82) is 0 Å². The van der Waals surface area contributed by atoms with Gasteiger partial charge in [-0.15, -0.1) is 0 Å². The van der Waals surface area contributed by atoms with Crippen molar-refractivity contribution in [3.05, 3.63) is 54.6 Å². The lowest BCUT2D eigenvalue weighted by Crippen LogP contribution is -2.25. The van der Waals surface area contributed by atoms with E-state index < -0.39 is 0 Å². The largest absolute Gasteiger partial charge is 0.334 e. The number of nitrogens with zero attached hydrogens (tertiary/aromatic N) is 2. The Bertz CT molecular complexity index is 632. The fourth-order valence-corrected chi connectivity index (χ4v) is 4.95. The molecule has 2 aromatic rings. The number of benzene rings is 1. The minimum absolute atomic E-state index is 0.547. The highest BCUT2D eigenvalue weighted by Crippen LogP contribution is 2.33. The lowest BCUT2D eigenvalue weighted by atomic mass is 9.81. The second-order valence-corrected chi connectivity index (χ2v) is 9.85. The Morgan fingerprint density at radius 3 is 1.87 bits per heavy atom. The van der Waals surface area contributed by atoms with Crippen molar-refractivity contribution in [2.24, 2.45) is 11.8 Å². The van der Waals surface area contributed by atoms with Crippen LogP contribution >= 0.6 is 0 Å². The Kier molecular flexibility index (Phi) is 13.4. The van der Waals surface area contributed by atoms with Crippen LogP contribution in [0.1, 0.15) is 116 Å². The predicted octanol–water partition coefficient (Wildman–Crippen LogP) is 9.03. The van der Waals surface area contributed by atoms with Crippen LogP contribution in [-0.2, 0) is 6.42 Å². The third-order valence-corrected chi connectivity index (χ3v) is 6.93. The molecule has 0 spiro atoms. The van der Waals surface area contributed by atoms with Gasteiger partial charge in [-0.25, -0.2) is 4.98 Å². The van der Waals surface area contributed by atoms with Crippen LogP contribution in [0.2, 0.25) is 0 Å². The Hall–Kier alpha value is -1.57. The quantitative estimate of drug-likeness (QED) is 0.218. The van der Waals surface area contributed by atoms with Crippen molar-refractivity contribution >= 4 is 0 Å². The van der Waals surface area contributed by atoms with Crippen LogP contribution in [0, 0.1) is 11.8 Å². The van der Waals surface area contributed by atoms with E-state index in [0.29, 0.717) is 17.9 Å². The number of hydrogen-bond donors (Lipinski definition) is 0. The Morgan fingerprint density at radius 2 is 1.35 bits per heavy atom. The lowest BCUT2D eigenvalue weighted by molar-refractivity contribution is 0.233. The van der Waals surface area contributed by atoms with Crippen LogP contribution in [0.4, 0.5) is 0 Å². The van der Waals surface area contributed by atoms with E-state index in [4.69, 9.17) is 0 Å². The van der Waals surface area contributed by atoms with Gasteiger partial charge in [0.2, 0.25) is 0 Å². The van der Waals surface area contributed by atoms with Gasteiger partial charge in [0.25, 0.3) is 0 Å². The first-order chi connectivity index (χ1) is 15.2. The number of aromatic nitrogens is 2. The first-order valence-electron chi connectivity index (χ1n) is 13.2. The summed E-state index contributed by atoms with van der Waals surface area (Å²) in [6.45, 7) is 7.07. The van der Waals surface area contributed by atoms with Crippen LogP contribution < -0.4 is 0 Å². The topological polar surface area (TPSA) is 17.8 Å². The summed E-state index contributed by atoms with van der Waals surface area (Å²) in [4.78, 5) is 4.36. The molecule has 0 saturated heterocycles. The summed E-state index contributed by atoms with van der Waals surface area (Å²) in [7, 11) is 0. The lowest BCUT2D eigenvalue weighted by Gasteiger charge is -2.31. The molecule has 2 heteroatoms. The molecule has 1 aromatic carbocycles. The van der Waals surface area contributed by atoms with Gasteiger partial charge >= 0.3 is 0 Å². The van der Waals surface area contributed by atoms with Crippen LogP contribution in [0.25, 0.3) is 0 Å². The molecule has 2 unspecified atom stereocenters. The van der Waals surface area contributed by atoms with Gasteiger partial charge in [-0.05, 0) is 30.2 Å². The zero-order chi connectivity index (χ0) is 22.2. The Balaban J connectivity index is 1.71. The minimum atomic E-state index is 0.547. The molecule has 2 nitrogen and oxygen atoms in total. The highest BCUT2D eigenvalue weighted by atomic mass is 15.1. The van der Waals surface area contributed by atoms with E-state index >= 15 is 0 Å². The number of imidazole rings is 1. The monoisotopic (exact) mass is 424 g/mol. The Morgan fingerprint density at radius 1 is 0.774 bits per heavy atom. The molecule has 0 fully saturated rings. The predicted molar refractivity (Wildman–Crippen MR) is 135 cm³/mol. The molecule has 0 bridgehead atoms.